The minimum absolute atomic E-state index is 0. The molecular formula is C17H15FeNO5. The molecule has 7 heteroatoms. The molecule has 3 atom stereocenters. The van der Waals surface area contributed by atoms with Crippen LogP contribution in [0.25, 0.3) is 0 Å². The summed E-state index contributed by atoms with van der Waals surface area (Å²) >= 11 is 0. The number of hydrogen-bond donors (Lipinski definition) is 1. The van der Waals surface area contributed by atoms with Crippen LogP contribution in [0.1, 0.15) is 6.92 Å². The van der Waals surface area contributed by atoms with Crippen molar-refractivity contribution in [1.29, 1.82) is 0 Å². The summed E-state index contributed by atoms with van der Waals surface area (Å²) in [4.78, 5) is 4.66. The Bertz CT molecular complexity index is 621. The zero-order valence-electron chi connectivity index (χ0n) is 13.0. The number of allylic oxidation sites excluding steroid dienone is 3. The van der Waals surface area contributed by atoms with Gasteiger partial charge in [0.1, 0.15) is 17.1 Å². The van der Waals surface area contributed by atoms with E-state index in [1.165, 1.54) is 0 Å². The first-order valence-corrected chi connectivity index (χ1v) is 6.37. The Kier molecular flexibility index (Phi) is 11.8. The summed E-state index contributed by atoms with van der Waals surface area (Å²) in [7, 11) is 1.61. The molecule has 2 aliphatic carbocycles. The third-order valence-electron chi connectivity index (χ3n) is 3.34. The van der Waals surface area contributed by atoms with Crippen molar-refractivity contribution >= 4 is 5.71 Å². The molecule has 0 aromatic heterocycles. The van der Waals surface area contributed by atoms with Gasteiger partial charge in [0.2, 0.25) is 0 Å². The maximum atomic E-state index is 10.2. The van der Waals surface area contributed by atoms with Crippen molar-refractivity contribution in [2.24, 2.45) is 10.9 Å². The van der Waals surface area contributed by atoms with E-state index in [2.05, 4.69) is 37.1 Å². The predicted molar refractivity (Wildman–Crippen MR) is 78.6 cm³/mol. The molecule has 0 amide bonds. The van der Waals surface area contributed by atoms with Gasteiger partial charge in [0, 0.05) is 23.0 Å². The molecule has 1 aliphatic heterocycles. The third kappa shape index (κ3) is 5.34. The van der Waals surface area contributed by atoms with E-state index in [4.69, 9.17) is 18.7 Å². The van der Waals surface area contributed by atoms with Crippen LogP contribution in [0, 0.1) is 25.9 Å². The summed E-state index contributed by atoms with van der Waals surface area (Å²) in [5.41, 5.74) is 0.994. The number of aliphatic imine (C=N–C) groups is 1. The molecule has 3 rings (SSSR count). The van der Waals surface area contributed by atoms with E-state index in [9.17, 15) is 5.11 Å². The molecule has 0 saturated carbocycles. The van der Waals surface area contributed by atoms with Crippen molar-refractivity contribution in [3.8, 4) is 0 Å². The predicted octanol–water partition coefficient (Wildman–Crippen LogP) is 1.66. The second kappa shape index (κ2) is 11.6. The Morgan fingerprint density at radius 3 is 2.17 bits per heavy atom. The van der Waals surface area contributed by atoms with Crippen molar-refractivity contribution in [2.75, 3.05) is 7.11 Å². The first-order valence-electron chi connectivity index (χ1n) is 6.37. The maximum Gasteiger partial charge on any atom is 0 e. The van der Waals surface area contributed by atoms with Gasteiger partial charge < -0.3 is 9.84 Å². The Morgan fingerprint density at radius 2 is 1.62 bits per heavy atom. The first-order chi connectivity index (χ1) is 11.1. The monoisotopic (exact) mass is 369 g/mol. The standard InChI is InChI=1S/C14H15NO2.3CO.Fe/c1-14(16)7-10-9-5-3-4-6-11(9)15-13(10)12(8-14)17-2;3*1-2;/h3-9,11,16H,1-2H3;;;;/t9-,11-,14?;;;;/m1..../s1. The number of rotatable bonds is 1. The van der Waals surface area contributed by atoms with Crippen LogP contribution in [0.15, 0.2) is 52.8 Å². The molecule has 0 fully saturated rings. The molecule has 24 heavy (non-hydrogen) atoms. The van der Waals surface area contributed by atoms with Gasteiger partial charge in [-0.15, -0.1) is 0 Å². The fourth-order valence-electron chi connectivity index (χ4n) is 2.60. The summed E-state index contributed by atoms with van der Waals surface area (Å²) in [6.45, 7) is 15.3. The zero-order valence-corrected chi connectivity index (χ0v) is 14.1. The van der Waals surface area contributed by atoms with Gasteiger partial charge in [0.25, 0.3) is 0 Å². The summed E-state index contributed by atoms with van der Waals surface area (Å²) in [5, 5.41) is 10.2. The van der Waals surface area contributed by atoms with Gasteiger partial charge in [-0.1, -0.05) is 24.3 Å². The van der Waals surface area contributed by atoms with E-state index >= 15 is 0 Å². The molecular weight excluding hydrogens is 354 g/mol. The number of nitrogens with zero attached hydrogens (tertiary/aromatic N) is 1. The van der Waals surface area contributed by atoms with Crippen molar-refractivity contribution in [3.05, 3.63) is 67.7 Å². The minimum atomic E-state index is -0.955. The molecule has 1 heterocycles. The van der Waals surface area contributed by atoms with Crippen LogP contribution in [0.4, 0.5) is 0 Å². The number of aliphatic hydroxyl groups is 1. The molecule has 0 aromatic rings. The van der Waals surface area contributed by atoms with Gasteiger partial charge >= 0.3 is 33.9 Å². The second-order valence-electron chi connectivity index (χ2n) is 4.80. The van der Waals surface area contributed by atoms with Crippen molar-refractivity contribution in [2.45, 2.75) is 18.6 Å². The van der Waals surface area contributed by atoms with Gasteiger partial charge in [-0.2, -0.15) is 0 Å². The Hall–Kier alpha value is -1.87. The molecule has 0 radical (unpaired) electrons. The number of fused-ring (bicyclic) bond motifs is 3. The number of ether oxygens (including phenoxy) is 1. The van der Waals surface area contributed by atoms with Gasteiger partial charge in [-0.05, 0) is 24.6 Å². The van der Waals surface area contributed by atoms with Gasteiger partial charge in [0.15, 0.2) is 0 Å². The number of hydrogen-bond acceptors (Lipinski definition) is 3. The fourth-order valence-corrected chi connectivity index (χ4v) is 2.60. The van der Waals surface area contributed by atoms with E-state index in [1.807, 2.05) is 18.2 Å². The zero-order chi connectivity index (χ0) is 18.0. The summed E-state index contributed by atoms with van der Waals surface area (Å²) in [6, 6.07) is 0.147. The molecule has 0 aromatic carbocycles. The molecule has 1 unspecified atom stereocenters. The van der Waals surface area contributed by atoms with Crippen LogP contribution in [-0.2, 0) is 35.8 Å². The first kappa shape index (κ1) is 24.4. The van der Waals surface area contributed by atoms with Crippen LogP contribution in [0.5, 0.6) is 0 Å². The van der Waals surface area contributed by atoms with Gasteiger partial charge in [-0.25, -0.2) is 0 Å². The summed E-state index contributed by atoms with van der Waals surface area (Å²) < 4.78 is 27.8. The van der Waals surface area contributed by atoms with Crippen LogP contribution in [-0.4, -0.2) is 29.6 Å². The van der Waals surface area contributed by atoms with E-state index in [-0.39, 0.29) is 29.0 Å². The Morgan fingerprint density at radius 1 is 1.08 bits per heavy atom. The quantitative estimate of drug-likeness (QED) is 0.432. The van der Waals surface area contributed by atoms with Gasteiger partial charge in [0.05, 0.1) is 13.2 Å². The number of methoxy groups -OCH3 is 1. The molecule has 0 bridgehead atoms. The van der Waals surface area contributed by atoms with Crippen LogP contribution < -0.4 is 0 Å². The van der Waals surface area contributed by atoms with Gasteiger partial charge in [-0.3, -0.25) is 4.99 Å². The van der Waals surface area contributed by atoms with Crippen LogP contribution in [0.2, 0.25) is 0 Å². The molecule has 6 nitrogen and oxygen atoms in total. The molecule has 0 saturated heterocycles. The fraction of sp³-hybridized carbons (Fsp3) is 0.294. The minimum Gasteiger partial charge on any atom is 0 e. The van der Waals surface area contributed by atoms with Crippen LogP contribution in [0.3, 0.4) is 0 Å². The van der Waals surface area contributed by atoms with E-state index in [1.54, 1.807) is 20.1 Å². The van der Waals surface area contributed by atoms with Crippen molar-refractivity contribution in [1.82, 2.24) is 0 Å². The summed E-state index contributed by atoms with van der Waals surface area (Å²) in [6.07, 6.45) is 11.8. The normalized spacial score (nSPS) is 27.1. The van der Waals surface area contributed by atoms with Crippen LogP contribution >= 0.6 is 0 Å². The molecule has 0 spiro atoms. The maximum absolute atomic E-state index is 10.2. The second-order valence-corrected chi connectivity index (χ2v) is 4.80. The Balaban J connectivity index is 0. The van der Waals surface area contributed by atoms with Crippen molar-refractivity contribution in [3.63, 3.8) is 0 Å². The Labute approximate surface area is 151 Å². The average Bonchev–Trinajstić information content (AvgIpc) is 2.97. The molecule has 3 aliphatic rings. The van der Waals surface area contributed by atoms with E-state index < -0.39 is 5.60 Å². The molecule has 1 N–H and O–H groups in total. The van der Waals surface area contributed by atoms with E-state index in [0.29, 0.717) is 5.76 Å². The largest absolute Gasteiger partial charge is 0 e. The molecule has 126 valence electrons. The smallest absolute Gasteiger partial charge is 0 e. The average molecular weight is 369 g/mol. The topological polar surface area (TPSA) is 102 Å². The van der Waals surface area contributed by atoms with E-state index in [0.717, 1.165) is 11.3 Å². The third-order valence-corrected chi connectivity index (χ3v) is 3.34. The SMILES string of the molecule is COC1=CC(C)(O)C=C2C1=N[C@@H]1C=CC=C[C@H]21.[C-]#[O+].[C-]#[O+].[C-]#[O+].[Fe]. The van der Waals surface area contributed by atoms with Crippen molar-refractivity contribution < 1.29 is 40.9 Å². The summed E-state index contributed by atoms with van der Waals surface area (Å²) in [5.74, 6) is 0.907.